The normalized spacial score (nSPS) is 13.0. The molecule has 1 atom stereocenters. The van der Waals surface area contributed by atoms with Gasteiger partial charge < -0.3 is 15.2 Å². The van der Waals surface area contributed by atoms with Crippen LogP contribution in [0.5, 0.6) is 5.75 Å². The molecule has 0 unspecified atom stereocenters. The molecule has 0 aliphatic carbocycles. The second-order valence-electron chi connectivity index (χ2n) is 8.34. The first-order chi connectivity index (χ1) is 17.5. The molecule has 0 aliphatic heterocycles. The van der Waals surface area contributed by atoms with Gasteiger partial charge in [-0.3, -0.25) is 9.82 Å². The number of sulfonamides is 1. The van der Waals surface area contributed by atoms with E-state index in [1.807, 2.05) is 25.1 Å². The quantitative estimate of drug-likeness (QED) is 0.224. The van der Waals surface area contributed by atoms with Gasteiger partial charge in [0.15, 0.2) is 0 Å². The highest BCUT2D eigenvalue weighted by Gasteiger charge is 2.31. The van der Waals surface area contributed by atoms with E-state index in [4.69, 9.17) is 4.74 Å². The highest BCUT2D eigenvalue weighted by molar-refractivity contribution is 7.92. The molecular formula is C25H25F3N4O4S. The summed E-state index contributed by atoms with van der Waals surface area (Å²) in [6.07, 6.45) is -5.62. The summed E-state index contributed by atoms with van der Waals surface area (Å²) in [6, 6.07) is 15.1. The second-order valence-corrected chi connectivity index (χ2v) is 10.0. The molecule has 4 aromatic rings. The number of aliphatic hydroxyl groups is 1. The van der Waals surface area contributed by atoms with Crippen LogP contribution in [-0.4, -0.2) is 43.4 Å². The number of aryl methyl sites for hydroxylation is 1. The lowest BCUT2D eigenvalue weighted by molar-refractivity contribution is -0.137. The summed E-state index contributed by atoms with van der Waals surface area (Å²) in [6.45, 7) is 2.88. The molecular weight excluding hydrogens is 509 g/mol. The maximum atomic E-state index is 13.0. The second kappa shape index (κ2) is 10.8. The molecule has 0 aliphatic rings. The summed E-state index contributed by atoms with van der Waals surface area (Å²) >= 11 is 0. The molecule has 0 saturated heterocycles. The molecule has 37 heavy (non-hydrogen) atoms. The van der Waals surface area contributed by atoms with Crippen molar-refractivity contribution in [3.05, 3.63) is 83.6 Å². The van der Waals surface area contributed by atoms with E-state index in [0.717, 1.165) is 34.8 Å². The smallest absolute Gasteiger partial charge is 0.416 e. The zero-order chi connectivity index (χ0) is 26.6. The molecule has 12 heteroatoms. The molecule has 0 spiro atoms. The van der Waals surface area contributed by atoms with Crippen LogP contribution in [-0.2, 0) is 16.2 Å². The van der Waals surface area contributed by atoms with Crippen LogP contribution in [0, 0.1) is 6.92 Å². The minimum absolute atomic E-state index is 0.113. The topological polar surface area (TPSA) is 116 Å². The van der Waals surface area contributed by atoms with Crippen LogP contribution in [0.1, 0.15) is 22.9 Å². The highest BCUT2D eigenvalue weighted by atomic mass is 32.2. The molecule has 0 fully saturated rings. The van der Waals surface area contributed by atoms with Gasteiger partial charge in [0.2, 0.25) is 0 Å². The number of aromatic amines is 1. The van der Waals surface area contributed by atoms with Gasteiger partial charge in [0.1, 0.15) is 12.4 Å². The number of rotatable bonds is 10. The van der Waals surface area contributed by atoms with E-state index in [1.165, 1.54) is 12.1 Å². The Balaban J connectivity index is 1.30. The Kier molecular flexibility index (Phi) is 7.71. The number of fused-ring (bicyclic) bond motifs is 1. The standard InChI is InChI=1S/C25H25F3N4O4S/c1-16-22-9-8-20(14-23(22)31-30-16)36-11-10-29-15-24(33)17-4-2-6-19(12-17)32-37(34,35)21-7-3-5-18(13-21)25(26,27)28/h2-9,12-14,24,29,32-33H,10-11,15H2,1H3,(H,30,31)/t24-/m0/s1. The number of hydrogen-bond donors (Lipinski definition) is 4. The van der Waals surface area contributed by atoms with Crippen molar-refractivity contribution in [2.24, 2.45) is 0 Å². The fourth-order valence-electron chi connectivity index (χ4n) is 3.69. The summed E-state index contributed by atoms with van der Waals surface area (Å²) in [5.74, 6) is 0.680. The predicted molar refractivity (Wildman–Crippen MR) is 133 cm³/mol. The predicted octanol–water partition coefficient (Wildman–Crippen LogP) is 4.39. The number of nitrogens with zero attached hydrogens (tertiary/aromatic N) is 1. The molecule has 196 valence electrons. The summed E-state index contributed by atoms with van der Waals surface area (Å²) in [7, 11) is -4.27. The lowest BCUT2D eigenvalue weighted by atomic mass is 10.1. The van der Waals surface area contributed by atoms with Gasteiger partial charge >= 0.3 is 6.18 Å². The summed E-state index contributed by atoms with van der Waals surface area (Å²) in [4.78, 5) is -0.517. The maximum Gasteiger partial charge on any atom is 0.416 e. The van der Waals surface area contributed by atoms with Gasteiger partial charge in [-0.15, -0.1) is 0 Å². The summed E-state index contributed by atoms with van der Waals surface area (Å²) in [5.41, 5.74) is 1.26. The molecule has 1 aromatic heterocycles. The van der Waals surface area contributed by atoms with Gasteiger partial charge in [-0.2, -0.15) is 18.3 Å². The minimum atomic E-state index is -4.67. The Morgan fingerprint density at radius 3 is 2.65 bits per heavy atom. The highest BCUT2D eigenvalue weighted by Crippen LogP contribution is 2.31. The number of halogens is 3. The zero-order valence-electron chi connectivity index (χ0n) is 19.7. The van der Waals surface area contributed by atoms with E-state index in [0.29, 0.717) is 30.5 Å². The van der Waals surface area contributed by atoms with Crippen LogP contribution in [0.3, 0.4) is 0 Å². The van der Waals surface area contributed by atoms with Crippen LogP contribution in [0.4, 0.5) is 18.9 Å². The number of benzene rings is 3. The summed E-state index contributed by atoms with van der Waals surface area (Å²) in [5, 5.41) is 21.7. The van der Waals surface area contributed by atoms with Gasteiger partial charge in [-0.05, 0) is 55.0 Å². The molecule has 1 heterocycles. The fourth-order valence-corrected chi connectivity index (χ4v) is 4.78. The Morgan fingerprint density at radius 2 is 1.86 bits per heavy atom. The lowest BCUT2D eigenvalue weighted by Gasteiger charge is -2.15. The van der Waals surface area contributed by atoms with E-state index in [-0.39, 0.29) is 12.2 Å². The fraction of sp³-hybridized carbons (Fsp3) is 0.240. The maximum absolute atomic E-state index is 13.0. The number of nitrogens with one attached hydrogen (secondary N) is 3. The van der Waals surface area contributed by atoms with Crippen LogP contribution in [0.25, 0.3) is 10.9 Å². The van der Waals surface area contributed by atoms with Crippen molar-refractivity contribution >= 4 is 26.6 Å². The van der Waals surface area contributed by atoms with Gasteiger partial charge in [0.25, 0.3) is 10.0 Å². The molecule has 0 bridgehead atoms. The lowest BCUT2D eigenvalue weighted by Crippen LogP contribution is -2.26. The van der Waals surface area contributed by atoms with Crippen LogP contribution >= 0.6 is 0 Å². The Labute approximate surface area is 211 Å². The average Bonchev–Trinajstić information content (AvgIpc) is 3.23. The first-order valence-electron chi connectivity index (χ1n) is 11.3. The summed E-state index contributed by atoms with van der Waals surface area (Å²) < 4.78 is 72.1. The van der Waals surface area contributed by atoms with Crippen molar-refractivity contribution in [1.82, 2.24) is 15.5 Å². The van der Waals surface area contributed by atoms with Crippen molar-refractivity contribution in [2.45, 2.75) is 24.1 Å². The minimum Gasteiger partial charge on any atom is -0.492 e. The van der Waals surface area contributed by atoms with E-state index >= 15 is 0 Å². The Hall–Kier alpha value is -3.61. The van der Waals surface area contributed by atoms with Crippen molar-refractivity contribution in [1.29, 1.82) is 0 Å². The van der Waals surface area contributed by atoms with E-state index in [1.54, 1.807) is 12.1 Å². The molecule has 3 aromatic carbocycles. The number of aliphatic hydroxyl groups excluding tert-OH is 1. The molecule has 0 radical (unpaired) electrons. The third kappa shape index (κ3) is 6.59. The van der Waals surface area contributed by atoms with Crippen molar-refractivity contribution < 1.29 is 31.4 Å². The zero-order valence-corrected chi connectivity index (χ0v) is 20.5. The molecule has 4 rings (SSSR count). The van der Waals surface area contributed by atoms with Gasteiger partial charge in [-0.25, -0.2) is 8.42 Å². The third-order valence-electron chi connectivity index (χ3n) is 5.61. The number of H-pyrrole nitrogens is 1. The van der Waals surface area contributed by atoms with E-state index in [2.05, 4.69) is 20.2 Å². The van der Waals surface area contributed by atoms with Crippen molar-refractivity contribution in [3.8, 4) is 5.75 Å². The number of ether oxygens (including phenoxy) is 1. The number of anilines is 1. The van der Waals surface area contributed by atoms with Crippen LogP contribution in [0.15, 0.2) is 71.6 Å². The first kappa shape index (κ1) is 26.5. The van der Waals surface area contributed by atoms with Crippen LogP contribution < -0.4 is 14.8 Å². The van der Waals surface area contributed by atoms with Crippen LogP contribution in [0.2, 0.25) is 0 Å². The van der Waals surface area contributed by atoms with Gasteiger partial charge in [0.05, 0.1) is 27.8 Å². The largest absolute Gasteiger partial charge is 0.492 e. The number of hydrogen-bond acceptors (Lipinski definition) is 6. The Morgan fingerprint density at radius 1 is 1.08 bits per heavy atom. The number of aromatic nitrogens is 2. The van der Waals surface area contributed by atoms with Crippen molar-refractivity contribution in [3.63, 3.8) is 0 Å². The molecule has 4 N–H and O–H groups in total. The molecule has 0 saturated carbocycles. The number of alkyl halides is 3. The van der Waals surface area contributed by atoms with E-state index in [9.17, 15) is 26.7 Å². The van der Waals surface area contributed by atoms with E-state index < -0.39 is 32.8 Å². The van der Waals surface area contributed by atoms with Gasteiger partial charge in [-0.1, -0.05) is 18.2 Å². The SMILES string of the molecule is Cc1n[nH]c2cc(OCCNC[C@H](O)c3cccc(NS(=O)(=O)c4cccc(C(F)(F)F)c4)c3)ccc12. The third-order valence-corrected chi connectivity index (χ3v) is 6.98. The average molecular weight is 535 g/mol. The van der Waals surface area contributed by atoms with Gasteiger partial charge in [0, 0.05) is 30.2 Å². The monoisotopic (exact) mass is 534 g/mol. The molecule has 8 nitrogen and oxygen atoms in total. The first-order valence-corrected chi connectivity index (χ1v) is 12.8. The van der Waals surface area contributed by atoms with Crippen molar-refractivity contribution in [2.75, 3.05) is 24.4 Å². The Bertz CT molecular complexity index is 1490. The molecule has 0 amide bonds.